The fourth-order valence-corrected chi connectivity index (χ4v) is 3.38. The highest BCUT2D eigenvalue weighted by atomic mass is 19.4. The molecule has 176 valence electrons. The maximum absolute atomic E-state index is 13.3. The van der Waals surface area contributed by atoms with Crippen molar-refractivity contribution >= 4 is 6.09 Å². The Bertz CT molecular complexity index is 1000. The van der Waals surface area contributed by atoms with Crippen LogP contribution in [0.4, 0.5) is 44.3 Å². The van der Waals surface area contributed by atoms with Crippen molar-refractivity contribution in [1.29, 1.82) is 0 Å². The smallest absolute Gasteiger partial charge is 0.418 e. The Morgan fingerprint density at radius 2 is 1.44 bits per heavy atom. The number of carbonyl (C=O) groups excluding carboxylic acids is 1. The second-order valence-electron chi connectivity index (χ2n) is 7.30. The fourth-order valence-electron chi connectivity index (χ4n) is 3.38. The molecule has 2 heterocycles. The van der Waals surface area contributed by atoms with Gasteiger partial charge in [-0.2, -0.15) is 39.5 Å². The average molecular weight is 474 g/mol. The van der Waals surface area contributed by atoms with Gasteiger partial charge in [-0.05, 0) is 36.8 Å². The molecule has 1 aromatic carbocycles. The van der Waals surface area contributed by atoms with E-state index in [2.05, 4.69) is 0 Å². The van der Waals surface area contributed by atoms with Gasteiger partial charge in [-0.15, -0.1) is 0 Å². The average Bonchev–Trinajstić information content (AvgIpc) is 3.14. The van der Waals surface area contributed by atoms with E-state index in [1.165, 1.54) is 18.5 Å². The fraction of sp³-hybridized carbons (Fsp3) is 0.421. The number of aryl methyl sites for hydroxylation is 1. The minimum absolute atomic E-state index is 0.0691. The van der Waals surface area contributed by atoms with Crippen molar-refractivity contribution in [3.05, 3.63) is 57.9 Å². The van der Waals surface area contributed by atoms with Crippen molar-refractivity contribution in [3.8, 4) is 0 Å². The number of nitrogens with zero attached hydrogens (tertiary/aromatic N) is 2. The lowest BCUT2D eigenvalue weighted by Crippen LogP contribution is -2.26. The van der Waals surface area contributed by atoms with Gasteiger partial charge in [-0.25, -0.2) is 4.79 Å². The van der Waals surface area contributed by atoms with Crippen LogP contribution in [0.15, 0.2) is 24.3 Å². The normalized spacial score (nSPS) is 17.8. The van der Waals surface area contributed by atoms with Crippen LogP contribution in [0.25, 0.3) is 0 Å². The number of hydrogen-bond acceptors (Lipinski definition) is 2. The van der Waals surface area contributed by atoms with Crippen molar-refractivity contribution in [2.75, 3.05) is 6.54 Å². The van der Waals surface area contributed by atoms with Gasteiger partial charge in [-0.3, -0.25) is 4.90 Å². The highest BCUT2D eigenvalue weighted by Gasteiger charge is 2.41. The van der Waals surface area contributed by atoms with Crippen LogP contribution in [-0.2, 0) is 36.9 Å². The number of amides is 1. The van der Waals surface area contributed by atoms with Crippen molar-refractivity contribution < 1.29 is 49.0 Å². The molecule has 0 aliphatic carbocycles. The standard InChI is InChI=1S/C19H15F9N2O2/c1-9-3-13(19(26,27)28)14(29(9)2)7-30-8-15(32-16(30)31)10-4-11(17(20,21)22)6-12(5-10)18(23,24)25/h3-6,15H,7-8H2,1-2H3. The Kier molecular flexibility index (Phi) is 5.67. The Balaban J connectivity index is 1.93. The summed E-state index contributed by atoms with van der Waals surface area (Å²) in [7, 11) is 1.33. The van der Waals surface area contributed by atoms with Crippen LogP contribution in [0.5, 0.6) is 0 Å². The maximum Gasteiger partial charge on any atom is 0.418 e. The molecule has 1 aromatic heterocycles. The number of hydrogen-bond donors (Lipinski definition) is 0. The monoisotopic (exact) mass is 474 g/mol. The molecule has 0 radical (unpaired) electrons. The van der Waals surface area contributed by atoms with Gasteiger partial charge < -0.3 is 9.30 Å². The van der Waals surface area contributed by atoms with Crippen molar-refractivity contribution in [3.63, 3.8) is 0 Å². The van der Waals surface area contributed by atoms with Crippen molar-refractivity contribution in [1.82, 2.24) is 9.47 Å². The largest absolute Gasteiger partial charge is 0.439 e. The van der Waals surface area contributed by atoms with Gasteiger partial charge in [0.05, 0.1) is 29.8 Å². The first-order valence-electron chi connectivity index (χ1n) is 8.96. The zero-order valence-electron chi connectivity index (χ0n) is 16.4. The molecule has 1 fully saturated rings. The van der Waals surface area contributed by atoms with Gasteiger partial charge in [0.15, 0.2) is 0 Å². The van der Waals surface area contributed by atoms with E-state index in [9.17, 15) is 44.3 Å². The first-order chi connectivity index (χ1) is 14.5. The lowest BCUT2D eigenvalue weighted by molar-refractivity contribution is -0.143. The van der Waals surface area contributed by atoms with Crippen LogP contribution < -0.4 is 0 Å². The molecule has 1 aliphatic heterocycles. The van der Waals surface area contributed by atoms with E-state index in [0.717, 1.165) is 11.0 Å². The van der Waals surface area contributed by atoms with Gasteiger partial charge in [0.2, 0.25) is 0 Å². The predicted molar refractivity (Wildman–Crippen MR) is 91.2 cm³/mol. The summed E-state index contributed by atoms with van der Waals surface area (Å²) in [4.78, 5) is 13.0. The van der Waals surface area contributed by atoms with Crippen LogP contribution in [0.1, 0.15) is 39.7 Å². The number of cyclic esters (lactones) is 1. The van der Waals surface area contributed by atoms with E-state index < -0.39 is 66.1 Å². The van der Waals surface area contributed by atoms with Crippen LogP contribution in [0.3, 0.4) is 0 Å². The molecule has 1 atom stereocenters. The van der Waals surface area contributed by atoms with E-state index in [1.54, 1.807) is 0 Å². The molecule has 4 nitrogen and oxygen atoms in total. The summed E-state index contributed by atoms with van der Waals surface area (Å²) in [6.45, 7) is 0.281. The Hall–Kier alpha value is -2.86. The van der Waals surface area contributed by atoms with Crippen LogP contribution in [-0.4, -0.2) is 22.1 Å². The topological polar surface area (TPSA) is 34.5 Å². The molecule has 1 amide bonds. The molecule has 0 N–H and O–H groups in total. The summed E-state index contributed by atoms with van der Waals surface area (Å²) >= 11 is 0. The van der Waals surface area contributed by atoms with E-state index in [1.807, 2.05) is 0 Å². The number of aromatic nitrogens is 1. The molecule has 0 saturated carbocycles. The highest BCUT2D eigenvalue weighted by molar-refractivity contribution is 5.70. The van der Waals surface area contributed by atoms with Gasteiger partial charge in [0, 0.05) is 18.4 Å². The first kappa shape index (κ1) is 23.8. The zero-order valence-corrected chi connectivity index (χ0v) is 16.4. The number of benzene rings is 1. The van der Waals surface area contributed by atoms with Crippen molar-refractivity contribution in [2.24, 2.45) is 7.05 Å². The molecule has 2 aromatic rings. The lowest BCUT2D eigenvalue weighted by Gasteiger charge is -2.18. The number of alkyl halides is 9. The molecule has 13 heteroatoms. The molecule has 3 rings (SSSR count). The molecule has 1 aliphatic rings. The maximum atomic E-state index is 13.3. The third-order valence-corrected chi connectivity index (χ3v) is 5.11. The Labute approximate surface area is 175 Å². The van der Waals surface area contributed by atoms with Crippen LogP contribution in [0.2, 0.25) is 0 Å². The molecule has 32 heavy (non-hydrogen) atoms. The van der Waals surface area contributed by atoms with E-state index in [0.29, 0.717) is 12.1 Å². The summed E-state index contributed by atoms with van der Waals surface area (Å²) in [5.41, 5.74) is -4.81. The third kappa shape index (κ3) is 4.65. The van der Waals surface area contributed by atoms with Crippen LogP contribution >= 0.6 is 0 Å². The molecule has 1 unspecified atom stereocenters. The summed E-state index contributed by atoms with van der Waals surface area (Å²) in [5.74, 6) is 0. The second kappa shape index (κ2) is 7.62. The summed E-state index contributed by atoms with van der Waals surface area (Å²) in [6.07, 6.45) is -17.6. The molecule has 1 saturated heterocycles. The van der Waals surface area contributed by atoms with Gasteiger partial charge >= 0.3 is 24.6 Å². The first-order valence-corrected chi connectivity index (χ1v) is 8.96. The number of carbonyl (C=O) groups is 1. The number of halogens is 9. The van der Waals surface area contributed by atoms with Crippen molar-refractivity contribution in [2.45, 2.75) is 38.1 Å². The minimum atomic E-state index is -5.10. The Morgan fingerprint density at radius 3 is 1.91 bits per heavy atom. The predicted octanol–water partition coefficient (Wildman–Crippen LogP) is 6.08. The van der Waals surface area contributed by atoms with Gasteiger partial charge in [0.1, 0.15) is 6.10 Å². The van der Waals surface area contributed by atoms with Gasteiger partial charge in [-0.1, -0.05) is 0 Å². The lowest BCUT2D eigenvalue weighted by atomic mass is 10.0. The molecular weight excluding hydrogens is 459 g/mol. The minimum Gasteiger partial charge on any atom is -0.439 e. The SMILES string of the molecule is Cc1cc(C(F)(F)F)c(CN2CC(c3cc(C(F)(F)F)cc(C(F)(F)F)c3)OC2=O)n1C. The molecular formula is C19H15F9N2O2. The third-order valence-electron chi connectivity index (χ3n) is 5.11. The second-order valence-corrected chi connectivity index (χ2v) is 7.30. The van der Waals surface area contributed by atoms with E-state index in [4.69, 9.17) is 4.74 Å². The van der Waals surface area contributed by atoms with E-state index >= 15 is 0 Å². The van der Waals surface area contributed by atoms with E-state index in [-0.39, 0.29) is 17.5 Å². The van der Waals surface area contributed by atoms with Gasteiger partial charge in [0.25, 0.3) is 0 Å². The number of rotatable bonds is 3. The zero-order chi connectivity index (χ0) is 24.2. The Morgan fingerprint density at radius 1 is 0.906 bits per heavy atom. The summed E-state index contributed by atoms with van der Waals surface area (Å²) < 4.78 is 124. The summed E-state index contributed by atoms with van der Waals surface area (Å²) in [6, 6.07) is 1.64. The molecule has 0 spiro atoms. The highest BCUT2D eigenvalue weighted by Crippen LogP contribution is 2.40. The molecule has 0 bridgehead atoms. The quantitative estimate of drug-likeness (QED) is 0.506. The summed E-state index contributed by atoms with van der Waals surface area (Å²) in [5, 5.41) is 0. The van der Waals surface area contributed by atoms with Crippen LogP contribution in [0, 0.1) is 6.92 Å². The number of ether oxygens (including phenoxy) is 1.